The van der Waals surface area contributed by atoms with Crippen LogP contribution in [0.5, 0.6) is 0 Å². The standard InChI is InChI=1S/C27H26N6O2S2/c1-17-23(11-10-19-14-28-31(2)15-19)37-27-24(17)36-16-22(26(35)32(27)3)29-25(34)21-13-20(33(4)30-21)12-18-8-6-5-7-9-18/h5-9,13-15,22H,12,16H2,1-4H3,(H,29,34)/t22-/m0/s1. The Hall–Kier alpha value is -3.81. The monoisotopic (exact) mass is 530 g/mol. The van der Waals surface area contributed by atoms with Gasteiger partial charge in [0.2, 0.25) is 0 Å². The molecule has 37 heavy (non-hydrogen) atoms. The van der Waals surface area contributed by atoms with Crippen LogP contribution < -0.4 is 10.2 Å². The van der Waals surface area contributed by atoms with Gasteiger partial charge in [-0.3, -0.25) is 19.0 Å². The number of fused-ring (bicyclic) bond motifs is 1. The summed E-state index contributed by atoms with van der Waals surface area (Å²) in [6.45, 7) is 2.02. The topological polar surface area (TPSA) is 85.0 Å². The zero-order valence-electron chi connectivity index (χ0n) is 21.0. The number of hydrogen-bond acceptors (Lipinski definition) is 6. The molecule has 0 saturated carbocycles. The molecule has 0 unspecified atom stereocenters. The number of aromatic nitrogens is 4. The van der Waals surface area contributed by atoms with E-state index >= 15 is 0 Å². The predicted octanol–water partition coefficient (Wildman–Crippen LogP) is 3.38. The fourth-order valence-electron chi connectivity index (χ4n) is 4.10. The number of thiophene rings is 1. The van der Waals surface area contributed by atoms with Gasteiger partial charge in [-0.05, 0) is 24.1 Å². The Labute approximate surface area is 223 Å². The quantitative estimate of drug-likeness (QED) is 0.409. The minimum absolute atomic E-state index is 0.159. The highest BCUT2D eigenvalue weighted by Gasteiger charge is 2.33. The second-order valence-electron chi connectivity index (χ2n) is 8.88. The number of amides is 2. The maximum Gasteiger partial charge on any atom is 0.272 e. The maximum absolute atomic E-state index is 13.3. The average molecular weight is 531 g/mol. The van der Waals surface area contributed by atoms with Crippen LogP contribution in [0.3, 0.4) is 0 Å². The summed E-state index contributed by atoms with van der Waals surface area (Å²) in [5.41, 5.74) is 4.25. The van der Waals surface area contributed by atoms with Gasteiger partial charge in [0, 0.05) is 50.1 Å². The van der Waals surface area contributed by atoms with Gasteiger partial charge in [0.25, 0.3) is 11.8 Å². The number of benzene rings is 1. The summed E-state index contributed by atoms with van der Waals surface area (Å²) in [6.07, 6.45) is 4.26. The molecule has 0 aliphatic carbocycles. The molecule has 0 saturated heterocycles. The second kappa shape index (κ2) is 10.3. The van der Waals surface area contributed by atoms with E-state index in [0.717, 1.165) is 37.2 Å². The summed E-state index contributed by atoms with van der Waals surface area (Å²) in [6, 6.07) is 11.2. The summed E-state index contributed by atoms with van der Waals surface area (Å²) in [4.78, 5) is 30.0. The van der Waals surface area contributed by atoms with Crippen LogP contribution in [-0.4, -0.2) is 50.2 Å². The molecule has 8 nitrogen and oxygen atoms in total. The number of carbonyl (C=O) groups is 2. The second-order valence-corrected chi connectivity index (χ2v) is 10.9. The Kier molecular flexibility index (Phi) is 6.91. The molecule has 2 amide bonds. The zero-order valence-corrected chi connectivity index (χ0v) is 22.6. The van der Waals surface area contributed by atoms with Gasteiger partial charge >= 0.3 is 0 Å². The van der Waals surface area contributed by atoms with Crippen molar-refractivity contribution in [1.29, 1.82) is 0 Å². The van der Waals surface area contributed by atoms with Crippen molar-refractivity contribution in [1.82, 2.24) is 24.9 Å². The summed E-state index contributed by atoms with van der Waals surface area (Å²) in [7, 11) is 5.43. The van der Waals surface area contributed by atoms with Gasteiger partial charge in [0.15, 0.2) is 0 Å². The predicted molar refractivity (Wildman–Crippen MR) is 146 cm³/mol. The van der Waals surface area contributed by atoms with E-state index in [1.165, 1.54) is 11.3 Å². The molecule has 0 bridgehead atoms. The number of hydrogen-bond donors (Lipinski definition) is 1. The lowest BCUT2D eigenvalue weighted by Gasteiger charge is -2.20. The highest BCUT2D eigenvalue weighted by molar-refractivity contribution is 7.99. The van der Waals surface area contributed by atoms with E-state index in [1.807, 2.05) is 57.5 Å². The van der Waals surface area contributed by atoms with Crippen LogP contribution in [0.4, 0.5) is 5.00 Å². The summed E-state index contributed by atoms with van der Waals surface area (Å²) < 4.78 is 3.43. The van der Waals surface area contributed by atoms with Gasteiger partial charge in [-0.1, -0.05) is 42.2 Å². The van der Waals surface area contributed by atoms with Gasteiger partial charge in [0.1, 0.15) is 16.7 Å². The normalized spacial score (nSPS) is 15.1. The molecule has 1 aliphatic rings. The Morgan fingerprint density at radius 2 is 1.97 bits per heavy atom. The van der Waals surface area contributed by atoms with E-state index in [9.17, 15) is 9.59 Å². The number of carbonyl (C=O) groups excluding carboxylic acids is 2. The molecule has 1 N–H and O–H groups in total. The lowest BCUT2D eigenvalue weighted by molar-refractivity contribution is -0.119. The van der Waals surface area contributed by atoms with Crippen molar-refractivity contribution in [3.8, 4) is 11.8 Å². The Morgan fingerprint density at radius 3 is 2.70 bits per heavy atom. The molecule has 0 spiro atoms. The molecular formula is C27H26N6O2S2. The molecule has 3 aromatic heterocycles. The number of anilines is 1. The number of rotatable bonds is 4. The molecule has 4 aromatic rings. The molecule has 0 fully saturated rings. The lowest BCUT2D eigenvalue weighted by Crippen LogP contribution is -2.48. The van der Waals surface area contributed by atoms with Crippen molar-refractivity contribution in [2.75, 3.05) is 17.7 Å². The van der Waals surface area contributed by atoms with Crippen molar-refractivity contribution in [3.05, 3.63) is 81.7 Å². The van der Waals surface area contributed by atoms with E-state index < -0.39 is 6.04 Å². The van der Waals surface area contributed by atoms with E-state index in [0.29, 0.717) is 17.9 Å². The highest BCUT2D eigenvalue weighted by Crippen LogP contribution is 2.43. The van der Waals surface area contributed by atoms with Crippen LogP contribution in [0.25, 0.3) is 0 Å². The molecule has 188 valence electrons. The molecular weight excluding hydrogens is 504 g/mol. The SMILES string of the molecule is Cc1c(C#Cc2cnn(C)c2)sc2c1SC[C@H](NC(=O)c1cc(Cc3ccccc3)n(C)n1)C(=O)N2C. The number of likely N-dealkylation sites (N-methyl/N-ethyl adjacent to an activating group) is 1. The molecule has 1 atom stereocenters. The van der Waals surface area contributed by atoms with E-state index in [4.69, 9.17) is 0 Å². The number of nitrogens with one attached hydrogen (secondary N) is 1. The number of aryl methyl sites for hydroxylation is 2. The smallest absolute Gasteiger partial charge is 0.272 e. The highest BCUT2D eigenvalue weighted by atomic mass is 32.2. The summed E-state index contributed by atoms with van der Waals surface area (Å²) >= 11 is 3.06. The van der Waals surface area contributed by atoms with Crippen molar-refractivity contribution >= 4 is 39.9 Å². The van der Waals surface area contributed by atoms with E-state index in [-0.39, 0.29) is 11.8 Å². The number of thioether (sulfide) groups is 1. The lowest BCUT2D eigenvalue weighted by atomic mass is 10.1. The Balaban J connectivity index is 1.30. The average Bonchev–Trinajstić information content (AvgIpc) is 3.55. The third kappa shape index (κ3) is 5.19. The summed E-state index contributed by atoms with van der Waals surface area (Å²) in [5.74, 6) is 6.29. The maximum atomic E-state index is 13.3. The van der Waals surface area contributed by atoms with Crippen molar-refractivity contribution in [2.45, 2.75) is 24.3 Å². The van der Waals surface area contributed by atoms with Gasteiger partial charge in [-0.15, -0.1) is 23.1 Å². The first-order valence-electron chi connectivity index (χ1n) is 11.7. The van der Waals surface area contributed by atoms with Gasteiger partial charge in [-0.25, -0.2) is 0 Å². The van der Waals surface area contributed by atoms with Crippen LogP contribution in [0.1, 0.15) is 37.7 Å². The van der Waals surface area contributed by atoms with Gasteiger partial charge in [-0.2, -0.15) is 10.2 Å². The van der Waals surface area contributed by atoms with E-state index in [2.05, 4.69) is 27.4 Å². The first-order chi connectivity index (χ1) is 17.8. The van der Waals surface area contributed by atoms with Gasteiger partial charge in [0.05, 0.1) is 16.6 Å². The third-order valence-corrected chi connectivity index (χ3v) is 8.87. The fourth-order valence-corrected chi connectivity index (χ4v) is 6.63. The van der Waals surface area contributed by atoms with Gasteiger partial charge < -0.3 is 10.2 Å². The van der Waals surface area contributed by atoms with Crippen LogP contribution in [0, 0.1) is 18.8 Å². The minimum atomic E-state index is -0.661. The Morgan fingerprint density at radius 1 is 1.19 bits per heavy atom. The molecule has 0 radical (unpaired) electrons. The third-order valence-electron chi connectivity index (χ3n) is 6.17. The fraction of sp³-hybridized carbons (Fsp3) is 0.259. The number of nitrogens with zero attached hydrogens (tertiary/aromatic N) is 5. The summed E-state index contributed by atoms with van der Waals surface area (Å²) in [5, 5.41) is 12.3. The van der Waals surface area contributed by atoms with E-state index in [1.54, 1.807) is 45.3 Å². The minimum Gasteiger partial charge on any atom is -0.338 e. The van der Waals surface area contributed by atoms with Crippen LogP contribution in [0.2, 0.25) is 0 Å². The Bertz CT molecular complexity index is 1540. The van der Waals surface area contributed by atoms with Crippen molar-refractivity contribution < 1.29 is 9.59 Å². The molecule has 5 rings (SSSR count). The molecule has 1 aliphatic heterocycles. The molecule has 4 heterocycles. The van der Waals surface area contributed by atoms with Crippen LogP contribution in [0.15, 0.2) is 53.7 Å². The van der Waals surface area contributed by atoms with Crippen LogP contribution >= 0.6 is 23.1 Å². The van der Waals surface area contributed by atoms with Crippen LogP contribution in [-0.2, 0) is 25.3 Å². The van der Waals surface area contributed by atoms with Crippen molar-refractivity contribution in [2.24, 2.45) is 14.1 Å². The molecule has 1 aromatic carbocycles. The van der Waals surface area contributed by atoms with Crippen molar-refractivity contribution in [3.63, 3.8) is 0 Å². The largest absolute Gasteiger partial charge is 0.338 e. The molecule has 10 heteroatoms. The zero-order chi connectivity index (χ0) is 26.1. The first-order valence-corrected chi connectivity index (χ1v) is 13.5. The first kappa shape index (κ1) is 24.9.